The van der Waals surface area contributed by atoms with Gasteiger partial charge in [-0.2, -0.15) is 0 Å². The number of nitrogens with zero attached hydrogens (tertiary/aromatic N) is 1. The Morgan fingerprint density at radius 1 is 1.00 bits per heavy atom. The van der Waals surface area contributed by atoms with Crippen LogP contribution in [0.15, 0.2) is 0 Å². The summed E-state index contributed by atoms with van der Waals surface area (Å²) in [4.78, 5) is 0. The maximum atomic E-state index is 5.47. The summed E-state index contributed by atoms with van der Waals surface area (Å²) in [6, 6.07) is 0. The Hall–Kier alpha value is -0.120. The van der Waals surface area contributed by atoms with E-state index in [1.165, 1.54) is 19.3 Å². The molecule has 1 aliphatic rings. The van der Waals surface area contributed by atoms with Crippen molar-refractivity contribution in [3.8, 4) is 0 Å². The summed E-state index contributed by atoms with van der Waals surface area (Å²) in [5.74, 6) is 5.47. The first-order valence-electron chi connectivity index (χ1n) is 2.89. The van der Waals surface area contributed by atoms with E-state index in [9.17, 15) is 0 Å². The summed E-state index contributed by atoms with van der Waals surface area (Å²) < 4.78 is 0. The monoisotopic (exact) mass is 117 g/mol. The molecule has 0 spiro atoms. The third-order valence-electron chi connectivity index (χ3n) is 1.39. The van der Waals surface area contributed by atoms with Crippen molar-refractivity contribution in [1.82, 2.24) is 11.2 Å². The lowest BCUT2D eigenvalue weighted by molar-refractivity contribution is 0.235. The molecule has 3 heteroatoms. The average Bonchev–Trinajstić information content (AvgIpc) is 1.69. The Morgan fingerprint density at radius 2 is 1.50 bits per heavy atom. The summed E-state index contributed by atoms with van der Waals surface area (Å²) in [6.07, 6.45) is 3.95. The molecule has 0 aromatic heterocycles. The Bertz CT molecular complexity index is 49.6. The maximum absolute atomic E-state index is 5.47. The highest BCUT2D eigenvalue weighted by molar-refractivity contribution is 4.56. The smallest absolute Gasteiger partial charge is 0.0128 e. The van der Waals surface area contributed by atoms with Crippen LogP contribution in [0, 0.1) is 0 Å². The lowest BCUT2D eigenvalue weighted by Gasteiger charge is -2.20. The molecule has 1 saturated heterocycles. The average molecular weight is 117 g/mol. The summed E-state index contributed by atoms with van der Waals surface area (Å²) in [5.41, 5.74) is 0. The van der Waals surface area contributed by atoms with E-state index in [1.54, 1.807) is 0 Å². The van der Waals surface area contributed by atoms with Gasteiger partial charge in [-0.05, 0) is 12.8 Å². The van der Waals surface area contributed by atoms with Gasteiger partial charge in [0, 0.05) is 13.1 Å². The minimum atomic E-state index is 0. The zero-order valence-electron chi connectivity index (χ0n) is 5.27. The van der Waals surface area contributed by atoms with Gasteiger partial charge in [0.2, 0.25) is 0 Å². The van der Waals surface area contributed by atoms with Crippen molar-refractivity contribution < 1.29 is 0 Å². The molecule has 0 aromatic rings. The highest BCUT2D eigenvalue weighted by Crippen LogP contribution is 2.03. The molecular weight excluding hydrogens is 102 g/mol. The summed E-state index contributed by atoms with van der Waals surface area (Å²) in [5, 5.41) is 1.89. The Kier molecular flexibility index (Phi) is 3.77. The number of hydrazine groups is 1. The van der Waals surface area contributed by atoms with Crippen LogP contribution in [0.2, 0.25) is 0 Å². The van der Waals surface area contributed by atoms with Crippen LogP contribution < -0.4 is 12.0 Å². The number of nitrogens with two attached hydrogens (primary N) is 1. The second-order valence-electron chi connectivity index (χ2n) is 2.10. The zero-order chi connectivity index (χ0) is 5.11. The van der Waals surface area contributed by atoms with Gasteiger partial charge in [0.05, 0.1) is 0 Å². The van der Waals surface area contributed by atoms with Crippen molar-refractivity contribution in [2.24, 2.45) is 5.84 Å². The van der Waals surface area contributed by atoms with Gasteiger partial charge >= 0.3 is 0 Å². The first-order valence-corrected chi connectivity index (χ1v) is 2.89. The molecule has 50 valence electrons. The fraction of sp³-hybridized carbons (Fsp3) is 1.00. The molecule has 0 aliphatic carbocycles. The number of piperidine rings is 1. The summed E-state index contributed by atoms with van der Waals surface area (Å²) >= 11 is 0. The van der Waals surface area contributed by atoms with Crippen LogP contribution >= 0.6 is 0 Å². The van der Waals surface area contributed by atoms with Crippen LogP contribution in [-0.4, -0.2) is 18.1 Å². The molecule has 0 atom stereocenters. The largest absolute Gasteiger partial charge is 0.344 e. The highest BCUT2D eigenvalue weighted by Gasteiger charge is 2.02. The van der Waals surface area contributed by atoms with E-state index in [1.807, 2.05) is 5.01 Å². The van der Waals surface area contributed by atoms with Crippen LogP contribution in [0.3, 0.4) is 0 Å². The van der Waals surface area contributed by atoms with E-state index in [-0.39, 0.29) is 6.15 Å². The van der Waals surface area contributed by atoms with E-state index in [4.69, 9.17) is 5.84 Å². The Labute approximate surface area is 50.4 Å². The predicted octanol–water partition coefficient (Wildman–Crippen LogP) is 0.508. The van der Waals surface area contributed by atoms with E-state index >= 15 is 0 Å². The van der Waals surface area contributed by atoms with Crippen molar-refractivity contribution in [3.63, 3.8) is 0 Å². The van der Waals surface area contributed by atoms with Crippen LogP contribution in [0.4, 0.5) is 0 Å². The Balaban J connectivity index is 0.000000490. The molecule has 5 N–H and O–H groups in total. The summed E-state index contributed by atoms with van der Waals surface area (Å²) in [6.45, 7) is 2.19. The standard InChI is InChI=1S/C5H12N2.H3N/c6-7-4-2-1-3-5-7;/h1-6H2;1H3. The molecular formula is C5H15N3. The number of rotatable bonds is 0. The molecule has 1 heterocycles. The fourth-order valence-corrected chi connectivity index (χ4v) is 0.918. The van der Waals surface area contributed by atoms with Crippen molar-refractivity contribution >= 4 is 0 Å². The number of hydrogen-bond donors (Lipinski definition) is 2. The second kappa shape index (κ2) is 3.83. The minimum Gasteiger partial charge on any atom is -0.344 e. The van der Waals surface area contributed by atoms with Crippen molar-refractivity contribution in [2.75, 3.05) is 13.1 Å². The number of hydrogen-bond acceptors (Lipinski definition) is 3. The molecule has 1 aliphatic heterocycles. The van der Waals surface area contributed by atoms with Gasteiger partial charge in [-0.25, -0.2) is 5.01 Å². The quantitative estimate of drug-likeness (QED) is 0.454. The lowest BCUT2D eigenvalue weighted by atomic mass is 10.2. The van der Waals surface area contributed by atoms with Crippen molar-refractivity contribution in [1.29, 1.82) is 0 Å². The van der Waals surface area contributed by atoms with Crippen LogP contribution in [0.25, 0.3) is 0 Å². The predicted molar refractivity (Wildman–Crippen MR) is 34.6 cm³/mol. The first kappa shape index (κ1) is 7.88. The van der Waals surface area contributed by atoms with Gasteiger partial charge in [0.1, 0.15) is 0 Å². The van der Waals surface area contributed by atoms with Gasteiger partial charge in [-0.1, -0.05) is 6.42 Å². The topological polar surface area (TPSA) is 64.3 Å². The molecule has 0 aromatic carbocycles. The first-order chi connectivity index (χ1) is 3.39. The molecule has 1 rings (SSSR count). The van der Waals surface area contributed by atoms with E-state index in [0.717, 1.165) is 13.1 Å². The minimum absolute atomic E-state index is 0. The highest BCUT2D eigenvalue weighted by atomic mass is 15.4. The van der Waals surface area contributed by atoms with Gasteiger partial charge in [0.25, 0.3) is 0 Å². The van der Waals surface area contributed by atoms with Gasteiger partial charge in [-0.15, -0.1) is 0 Å². The second-order valence-corrected chi connectivity index (χ2v) is 2.10. The zero-order valence-corrected chi connectivity index (χ0v) is 5.27. The maximum Gasteiger partial charge on any atom is 0.0128 e. The molecule has 0 radical (unpaired) electrons. The van der Waals surface area contributed by atoms with E-state index in [2.05, 4.69) is 0 Å². The molecule has 1 fully saturated rings. The molecule has 0 unspecified atom stereocenters. The van der Waals surface area contributed by atoms with Gasteiger partial charge < -0.3 is 6.15 Å². The van der Waals surface area contributed by atoms with Crippen LogP contribution in [0.5, 0.6) is 0 Å². The van der Waals surface area contributed by atoms with Gasteiger partial charge in [-0.3, -0.25) is 5.84 Å². The summed E-state index contributed by atoms with van der Waals surface area (Å²) in [7, 11) is 0. The van der Waals surface area contributed by atoms with Crippen molar-refractivity contribution in [2.45, 2.75) is 19.3 Å². The SMILES string of the molecule is N.NN1CCCCC1. The Morgan fingerprint density at radius 3 is 1.75 bits per heavy atom. The third-order valence-corrected chi connectivity index (χ3v) is 1.39. The normalized spacial score (nSPS) is 22.1. The molecule has 3 nitrogen and oxygen atoms in total. The van der Waals surface area contributed by atoms with Crippen LogP contribution in [0.1, 0.15) is 19.3 Å². The lowest BCUT2D eigenvalue weighted by Crippen LogP contribution is -2.35. The molecule has 0 saturated carbocycles. The van der Waals surface area contributed by atoms with E-state index in [0.29, 0.717) is 0 Å². The third kappa shape index (κ3) is 2.26. The molecule has 0 amide bonds. The van der Waals surface area contributed by atoms with E-state index < -0.39 is 0 Å². The van der Waals surface area contributed by atoms with Crippen molar-refractivity contribution in [3.05, 3.63) is 0 Å². The molecule has 0 bridgehead atoms. The fourth-order valence-electron chi connectivity index (χ4n) is 0.918. The molecule has 8 heavy (non-hydrogen) atoms. The van der Waals surface area contributed by atoms with Gasteiger partial charge in [0.15, 0.2) is 0 Å². The van der Waals surface area contributed by atoms with Crippen LogP contribution in [-0.2, 0) is 0 Å².